The van der Waals surface area contributed by atoms with Crippen LogP contribution in [-0.4, -0.2) is 35.9 Å². The highest BCUT2D eigenvalue weighted by Gasteiger charge is 2.20. The van der Waals surface area contributed by atoms with Crippen LogP contribution in [0.3, 0.4) is 0 Å². The largest absolute Gasteiger partial charge is 0.318 e. The van der Waals surface area contributed by atoms with E-state index in [4.69, 9.17) is 0 Å². The van der Waals surface area contributed by atoms with Crippen LogP contribution >= 0.6 is 11.8 Å². The number of ketones is 1. The van der Waals surface area contributed by atoms with Crippen LogP contribution < -0.4 is 0 Å². The number of rotatable bonds is 6. The van der Waals surface area contributed by atoms with Gasteiger partial charge in [-0.3, -0.25) is 9.78 Å². The third-order valence-corrected chi connectivity index (χ3v) is 7.18. The average molecular weight is 444 g/mol. The summed E-state index contributed by atoms with van der Waals surface area (Å²) in [5.74, 6) is 1.15. The molecule has 32 heavy (non-hydrogen) atoms. The van der Waals surface area contributed by atoms with E-state index in [-0.39, 0.29) is 5.78 Å². The minimum Gasteiger partial charge on any atom is -0.318 e. The molecule has 0 bridgehead atoms. The van der Waals surface area contributed by atoms with Gasteiger partial charge in [-0.05, 0) is 74.6 Å². The first-order valence-corrected chi connectivity index (χ1v) is 11.8. The average Bonchev–Trinajstić information content (AvgIpc) is 3.49. The number of benzene rings is 1. The number of hydrogen-bond acceptors (Lipinski definition) is 5. The summed E-state index contributed by atoms with van der Waals surface area (Å²) in [6.45, 7) is 4.09. The first kappa shape index (κ1) is 20.7. The maximum Gasteiger partial charge on any atom is 0.191 e. The fraction of sp³-hybridized carbons (Fsp3) is 0.280. The molecule has 0 spiro atoms. The molecule has 0 atom stereocenters. The number of hydrogen-bond donors (Lipinski definition) is 0. The van der Waals surface area contributed by atoms with Crippen molar-refractivity contribution in [1.29, 1.82) is 0 Å². The Bertz CT molecular complexity index is 1310. The van der Waals surface area contributed by atoms with E-state index in [0.29, 0.717) is 10.9 Å². The predicted octanol–water partition coefficient (Wildman–Crippen LogP) is 4.75. The first-order chi connectivity index (χ1) is 15.5. The molecule has 1 aliphatic carbocycles. The van der Waals surface area contributed by atoms with Crippen molar-refractivity contribution in [3.63, 3.8) is 0 Å². The fourth-order valence-electron chi connectivity index (χ4n) is 4.53. The molecule has 7 heteroatoms. The molecule has 0 radical (unpaired) electrons. The summed E-state index contributed by atoms with van der Waals surface area (Å²) >= 11 is 1.41. The number of nitrogens with zero attached hydrogens (tertiary/aromatic N) is 5. The van der Waals surface area contributed by atoms with Crippen LogP contribution in [0.2, 0.25) is 0 Å². The van der Waals surface area contributed by atoms with Crippen molar-refractivity contribution in [2.75, 3.05) is 5.75 Å². The highest BCUT2D eigenvalue weighted by Crippen LogP contribution is 2.29. The van der Waals surface area contributed by atoms with Crippen molar-refractivity contribution >= 4 is 17.5 Å². The quantitative estimate of drug-likeness (QED) is 0.318. The van der Waals surface area contributed by atoms with Crippen LogP contribution in [-0.2, 0) is 19.9 Å². The third kappa shape index (κ3) is 3.66. The standard InChI is InChI=1S/C25H25N5OS/c1-16-12-22(17(2)30(16)21-10-9-18-6-4-7-19(18)13-21)23(31)15-32-25-28-27-24(29(25)3)20-8-5-11-26-14-20/h5,8-14H,4,6-7,15H2,1-3H3. The summed E-state index contributed by atoms with van der Waals surface area (Å²) in [6, 6.07) is 12.5. The Morgan fingerprint density at radius 3 is 2.75 bits per heavy atom. The van der Waals surface area contributed by atoms with E-state index >= 15 is 0 Å². The third-order valence-electron chi connectivity index (χ3n) is 6.16. The molecular formula is C25H25N5OS. The monoisotopic (exact) mass is 443 g/mol. The molecule has 0 fully saturated rings. The van der Waals surface area contributed by atoms with E-state index in [1.807, 2.05) is 36.7 Å². The molecule has 3 heterocycles. The molecule has 3 aromatic heterocycles. The molecule has 0 saturated carbocycles. The molecule has 0 unspecified atom stereocenters. The molecule has 1 aromatic carbocycles. The number of pyridine rings is 1. The van der Waals surface area contributed by atoms with Crippen LogP contribution in [0, 0.1) is 13.8 Å². The second-order valence-corrected chi connectivity index (χ2v) is 9.19. The number of aromatic nitrogens is 5. The minimum atomic E-state index is 0.0986. The van der Waals surface area contributed by atoms with Crippen LogP contribution in [0.5, 0.6) is 0 Å². The number of fused-ring (bicyclic) bond motifs is 1. The van der Waals surface area contributed by atoms with Crippen molar-refractivity contribution < 1.29 is 4.79 Å². The fourth-order valence-corrected chi connectivity index (χ4v) is 5.33. The lowest BCUT2D eigenvalue weighted by atomic mass is 10.1. The number of aryl methyl sites for hydroxylation is 3. The van der Waals surface area contributed by atoms with Gasteiger partial charge in [0.15, 0.2) is 16.8 Å². The summed E-state index contributed by atoms with van der Waals surface area (Å²) in [7, 11) is 1.91. The van der Waals surface area contributed by atoms with E-state index in [2.05, 4.69) is 44.9 Å². The van der Waals surface area contributed by atoms with Gasteiger partial charge in [-0.1, -0.05) is 17.8 Å². The second kappa shape index (κ2) is 8.39. The molecular weight excluding hydrogens is 418 g/mol. The number of Topliss-reactive ketones (excluding diaryl/α,β-unsaturated/α-hetero) is 1. The topological polar surface area (TPSA) is 65.6 Å². The van der Waals surface area contributed by atoms with E-state index in [9.17, 15) is 4.79 Å². The van der Waals surface area contributed by atoms with Gasteiger partial charge >= 0.3 is 0 Å². The van der Waals surface area contributed by atoms with Gasteiger partial charge in [0.2, 0.25) is 0 Å². The summed E-state index contributed by atoms with van der Waals surface area (Å²) in [4.78, 5) is 17.3. The van der Waals surface area contributed by atoms with Gasteiger partial charge in [0.1, 0.15) is 0 Å². The molecule has 4 aromatic rings. The van der Waals surface area contributed by atoms with Crippen molar-refractivity contribution in [3.05, 3.63) is 76.9 Å². The van der Waals surface area contributed by atoms with Crippen molar-refractivity contribution in [2.45, 2.75) is 38.3 Å². The Morgan fingerprint density at radius 2 is 1.94 bits per heavy atom. The van der Waals surface area contributed by atoms with E-state index in [1.54, 1.807) is 12.4 Å². The van der Waals surface area contributed by atoms with Crippen LogP contribution in [0.25, 0.3) is 17.1 Å². The maximum absolute atomic E-state index is 13.1. The zero-order valence-corrected chi connectivity index (χ0v) is 19.3. The Hall–Kier alpha value is -3.19. The lowest BCUT2D eigenvalue weighted by Gasteiger charge is -2.12. The minimum absolute atomic E-state index is 0.0986. The smallest absolute Gasteiger partial charge is 0.191 e. The van der Waals surface area contributed by atoms with Gasteiger partial charge < -0.3 is 9.13 Å². The normalized spacial score (nSPS) is 12.8. The maximum atomic E-state index is 13.1. The lowest BCUT2D eigenvalue weighted by Crippen LogP contribution is -2.07. The molecule has 6 nitrogen and oxygen atoms in total. The number of carbonyl (C=O) groups is 1. The van der Waals surface area contributed by atoms with E-state index in [0.717, 1.165) is 40.4 Å². The summed E-state index contributed by atoms with van der Waals surface area (Å²) in [5, 5.41) is 9.26. The number of thioether (sulfide) groups is 1. The molecule has 5 rings (SSSR count). The van der Waals surface area contributed by atoms with Crippen molar-refractivity contribution in [3.8, 4) is 17.1 Å². The Morgan fingerprint density at radius 1 is 1.09 bits per heavy atom. The Balaban J connectivity index is 1.35. The second-order valence-electron chi connectivity index (χ2n) is 8.25. The molecule has 0 N–H and O–H groups in total. The van der Waals surface area contributed by atoms with Crippen LogP contribution in [0.1, 0.15) is 39.3 Å². The molecule has 162 valence electrons. The molecule has 0 saturated heterocycles. The molecule has 1 aliphatic rings. The zero-order valence-electron chi connectivity index (χ0n) is 18.5. The number of carbonyl (C=O) groups excluding carboxylic acids is 1. The van der Waals surface area contributed by atoms with Gasteiger partial charge in [-0.2, -0.15) is 0 Å². The molecule has 0 amide bonds. The zero-order chi connectivity index (χ0) is 22.2. The Labute approximate surface area is 191 Å². The predicted molar refractivity (Wildman–Crippen MR) is 127 cm³/mol. The summed E-state index contributed by atoms with van der Waals surface area (Å²) < 4.78 is 4.10. The highest BCUT2D eigenvalue weighted by molar-refractivity contribution is 7.99. The molecule has 0 aliphatic heterocycles. The van der Waals surface area contributed by atoms with E-state index in [1.165, 1.54) is 35.7 Å². The highest BCUT2D eigenvalue weighted by atomic mass is 32.2. The van der Waals surface area contributed by atoms with Gasteiger partial charge in [-0.25, -0.2) is 0 Å². The summed E-state index contributed by atoms with van der Waals surface area (Å²) in [6.07, 6.45) is 7.03. The van der Waals surface area contributed by atoms with E-state index < -0.39 is 0 Å². The van der Waals surface area contributed by atoms with Crippen LogP contribution in [0.15, 0.2) is 53.9 Å². The first-order valence-electron chi connectivity index (χ1n) is 10.8. The van der Waals surface area contributed by atoms with Gasteiger partial charge in [-0.15, -0.1) is 10.2 Å². The van der Waals surface area contributed by atoms with Crippen LogP contribution in [0.4, 0.5) is 0 Å². The van der Waals surface area contributed by atoms with Crippen molar-refractivity contribution in [2.24, 2.45) is 7.05 Å². The SMILES string of the molecule is Cc1cc(C(=O)CSc2nnc(-c3cccnc3)n2C)c(C)n1-c1ccc2c(c1)CCC2. The lowest BCUT2D eigenvalue weighted by molar-refractivity contribution is 0.102. The summed E-state index contributed by atoms with van der Waals surface area (Å²) in [5.41, 5.74) is 7.76. The van der Waals surface area contributed by atoms with Gasteiger partial charge in [0, 0.05) is 47.6 Å². The van der Waals surface area contributed by atoms with Gasteiger partial charge in [0.05, 0.1) is 5.75 Å². The van der Waals surface area contributed by atoms with Gasteiger partial charge in [0.25, 0.3) is 0 Å². The van der Waals surface area contributed by atoms with Crippen molar-refractivity contribution in [1.82, 2.24) is 24.3 Å². The Kier molecular flexibility index (Phi) is 5.43.